The highest BCUT2D eigenvalue weighted by molar-refractivity contribution is 5.93. The van der Waals surface area contributed by atoms with E-state index in [0.717, 1.165) is 16.7 Å². The van der Waals surface area contributed by atoms with Crippen LogP contribution in [0.2, 0.25) is 0 Å². The zero-order valence-electron chi connectivity index (χ0n) is 15.2. The highest BCUT2D eigenvalue weighted by Crippen LogP contribution is 2.13. The van der Waals surface area contributed by atoms with Gasteiger partial charge < -0.3 is 10.1 Å². The number of hydrogen-bond acceptors (Lipinski definition) is 4. The Morgan fingerprint density at radius 2 is 1.69 bits per heavy atom. The number of benzene rings is 2. The van der Waals surface area contributed by atoms with Crippen LogP contribution in [0.25, 0.3) is 0 Å². The van der Waals surface area contributed by atoms with Gasteiger partial charge in [-0.2, -0.15) is 0 Å². The maximum Gasteiger partial charge on any atom is 0.338 e. The molecule has 1 amide bonds. The molecular weight excluding hydrogens is 330 g/mol. The fraction of sp³-hybridized carbons (Fsp3) is 0.286. The van der Waals surface area contributed by atoms with Crippen molar-refractivity contribution in [2.45, 2.75) is 33.2 Å². The Morgan fingerprint density at radius 1 is 1.00 bits per heavy atom. The SMILES string of the molecule is CC(=O)C(Cc1ccccc1)NC(=O)COC(=O)c1cccc(C)c1C. The highest BCUT2D eigenvalue weighted by Gasteiger charge is 2.19. The number of carbonyl (C=O) groups is 3. The fourth-order valence-corrected chi connectivity index (χ4v) is 2.56. The van der Waals surface area contributed by atoms with Gasteiger partial charge in [-0.3, -0.25) is 9.59 Å². The molecule has 0 saturated heterocycles. The molecule has 0 fully saturated rings. The smallest absolute Gasteiger partial charge is 0.338 e. The summed E-state index contributed by atoms with van der Waals surface area (Å²) in [6, 6.07) is 14.1. The van der Waals surface area contributed by atoms with Crippen molar-refractivity contribution in [2.75, 3.05) is 6.61 Å². The molecule has 0 aliphatic heterocycles. The molecule has 0 aromatic heterocycles. The van der Waals surface area contributed by atoms with Crippen LogP contribution in [-0.4, -0.2) is 30.3 Å². The van der Waals surface area contributed by atoms with Gasteiger partial charge in [0.05, 0.1) is 11.6 Å². The van der Waals surface area contributed by atoms with Crippen molar-refractivity contribution in [3.63, 3.8) is 0 Å². The van der Waals surface area contributed by atoms with Crippen molar-refractivity contribution in [3.05, 3.63) is 70.8 Å². The monoisotopic (exact) mass is 353 g/mol. The summed E-state index contributed by atoms with van der Waals surface area (Å²) in [6.07, 6.45) is 0.396. The number of amides is 1. The summed E-state index contributed by atoms with van der Waals surface area (Å²) in [4.78, 5) is 36.1. The van der Waals surface area contributed by atoms with Gasteiger partial charge in [-0.05, 0) is 49.9 Å². The van der Waals surface area contributed by atoms with E-state index in [9.17, 15) is 14.4 Å². The average Bonchev–Trinajstić information content (AvgIpc) is 2.62. The second-order valence-electron chi connectivity index (χ2n) is 6.24. The molecule has 1 atom stereocenters. The van der Waals surface area contributed by atoms with Gasteiger partial charge in [0.25, 0.3) is 5.91 Å². The minimum Gasteiger partial charge on any atom is -0.452 e. The van der Waals surface area contributed by atoms with Crippen LogP contribution in [0.15, 0.2) is 48.5 Å². The summed E-state index contributed by atoms with van der Waals surface area (Å²) in [6.45, 7) is 4.73. The van der Waals surface area contributed by atoms with Gasteiger partial charge in [0.1, 0.15) is 0 Å². The zero-order chi connectivity index (χ0) is 19.1. The van der Waals surface area contributed by atoms with Crippen LogP contribution in [0.4, 0.5) is 0 Å². The lowest BCUT2D eigenvalue weighted by Crippen LogP contribution is -2.43. The summed E-state index contributed by atoms with van der Waals surface area (Å²) in [5.41, 5.74) is 3.18. The highest BCUT2D eigenvalue weighted by atomic mass is 16.5. The van der Waals surface area contributed by atoms with Crippen molar-refractivity contribution in [3.8, 4) is 0 Å². The van der Waals surface area contributed by atoms with Crippen LogP contribution in [0.3, 0.4) is 0 Å². The maximum absolute atomic E-state index is 12.2. The standard InChI is InChI=1S/C21H23NO4/c1-14-8-7-11-18(15(14)2)21(25)26-13-20(24)22-19(16(3)23)12-17-9-5-4-6-10-17/h4-11,19H,12-13H2,1-3H3,(H,22,24). The van der Waals surface area contributed by atoms with Gasteiger partial charge in [-0.25, -0.2) is 4.79 Å². The molecule has 0 aliphatic carbocycles. The number of esters is 1. The molecule has 0 aliphatic rings. The van der Waals surface area contributed by atoms with E-state index in [2.05, 4.69) is 5.32 Å². The Balaban J connectivity index is 1.93. The molecule has 0 bridgehead atoms. The molecule has 2 aromatic carbocycles. The molecule has 5 heteroatoms. The summed E-state index contributed by atoms with van der Waals surface area (Å²) in [5.74, 6) is -1.20. The molecule has 2 rings (SSSR count). The second kappa shape index (κ2) is 8.94. The van der Waals surface area contributed by atoms with Crippen LogP contribution in [0, 0.1) is 13.8 Å². The predicted octanol–water partition coefficient (Wildman–Crippen LogP) is 2.78. The Hall–Kier alpha value is -2.95. The van der Waals surface area contributed by atoms with Crippen LogP contribution < -0.4 is 5.32 Å². The molecule has 0 saturated carbocycles. The lowest BCUT2D eigenvalue weighted by atomic mass is 10.0. The number of hydrogen-bond donors (Lipinski definition) is 1. The van der Waals surface area contributed by atoms with E-state index in [4.69, 9.17) is 4.74 Å². The first-order chi connectivity index (χ1) is 12.4. The number of ketones is 1. The molecule has 2 aromatic rings. The van der Waals surface area contributed by atoms with Crippen LogP contribution in [-0.2, 0) is 20.7 Å². The van der Waals surface area contributed by atoms with E-state index in [-0.39, 0.29) is 5.78 Å². The van der Waals surface area contributed by atoms with E-state index < -0.39 is 24.5 Å². The lowest BCUT2D eigenvalue weighted by Gasteiger charge is -2.16. The molecule has 0 radical (unpaired) electrons. The normalized spacial score (nSPS) is 11.5. The molecule has 26 heavy (non-hydrogen) atoms. The van der Waals surface area contributed by atoms with Crippen molar-refractivity contribution in [2.24, 2.45) is 0 Å². The molecular formula is C21H23NO4. The largest absolute Gasteiger partial charge is 0.452 e. The Bertz CT molecular complexity index is 799. The van der Waals surface area contributed by atoms with Crippen LogP contribution in [0.1, 0.15) is 34.0 Å². The molecule has 0 heterocycles. The third-order valence-corrected chi connectivity index (χ3v) is 4.27. The Morgan fingerprint density at radius 3 is 2.35 bits per heavy atom. The summed E-state index contributed by atoms with van der Waals surface area (Å²) < 4.78 is 5.09. The molecule has 1 N–H and O–H groups in total. The van der Waals surface area contributed by atoms with Gasteiger partial charge in [0, 0.05) is 0 Å². The van der Waals surface area contributed by atoms with E-state index >= 15 is 0 Å². The summed E-state index contributed by atoms with van der Waals surface area (Å²) in [5, 5.41) is 2.63. The summed E-state index contributed by atoms with van der Waals surface area (Å²) in [7, 11) is 0. The second-order valence-corrected chi connectivity index (χ2v) is 6.24. The number of Topliss-reactive ketones (excluding diaryl/α,β-unsaturated/α-hetero) is 1. The van der Waals surface area contributed by atoms with Gasteiger partial charge >= 0.3 is 5.97 Å². The van der Waals surface area contributed by atoms with Crippen LogP contribution in [0.5, 0.6) is 0 Å². The van der Waals surface area contributed by atoms with Crippen molar-refractivity contribution in [1.82, 2.24) is 5.32 Å². The van der Waals surface area contributed by atoms with E-state index in [1.54, 1.807) is 12.1 Å². The van der Waals surface area contributed by atoms with Gasteiger partial charge in [0.2, 0.25) is 0 Å². The van der Waals surface area contributed by atoms with Crippen molar-refractivity contribution < 1.29 is 19.1 Å². The topological polar surface area (TPSA) is 72.5 Å². The number of ether oxygens (including phenoxy) is 1. The number of carbonyl (C=O) groups excluding carboxylic acids is 3. The third kappa shape index (κ3) is 5.28. The first kappa shape index (κ1) is 19.4. The summed E-state index contributed by atoms with van der Waals surface area (Å²) >= 11 is 0. The predicted molar refractivity (Wildman–Crippen MR) is 99.0 cm³/mol. The fourth-order valence-electron chi connectivity index (χ4n) is 2.56. The van der Waals surface area contributed by atoms with E-state index in [0.29, 0.717) is 12.0 Å². The van der Waals surface area contributed by atoms with Gasteiger partial charge in [-0.1, -0.05) is 42.5 Å². The molecule has 1 unspecified atom stereocenters. The third-order valence-electron chi connectivity index (χ3n) is 4.27. The first-order valence-corrected chi connectivity index (χ1v) is 8.45. The average molecular weight is 353 g/mol. The maximum atomic E-state index is 12.2. The number of aryl methyl sites for hydroxylation is 1. The van der Waals surface area contributed by atoms with Crippen molar-refractivity contribution >= 4 is 17.7 Å². The molecule has 0 spiro atoms. The minimum absolute atomic E-state index is 0.150. The molecule has 136 valence electrons. The van der Waals surface area contributed by atoms with Crippen molar-refractivity contribution in [1.29, 1.82) is 0 Å². The first-order valence-electron chi connectivity index (χ1n) is 8.45. The minimum atomic E-state index is -0.649. The molecule has 5 nitrogen and oxygen atoms in total. The van der Waals surface area contributed by atoms with Gasteiger partial charge in [-0.15, -0.1) is 0 Å². The zero-order valence-corrected chi connectivity index (χ0v) is 15.2. The van der Waals surface area contributed by atoms with E-state index in [1.807, 2.05) is 50.2 Å². The quantitative estimate of drug-likeness (QED) is 0.777. The Kier molecular flexibility index (Phi) is 6.67. The Labute approximate surface area is 153 Å². The van der Waals surface area contributed by atoms with E-state index in [1.165, 1.54) is 6.92 Å². The van der Waals surface area contributed by atoms with Gasteiger partial charge in [0.15, 0.2) is 12.4 Å². The number of nitrogens with one attached hydrogen (secondary N) is 1. The number of rotatable bonds is 7. The lowest BCUT2D eigenvalue weighted by molar-refractivity contribution is -0.128. The van der Waals surface area contributed by atoms with Crippen LogP contribution >= 0.6 is 0 Å².